The zero-order chi connectivity index (χ0) is 81.0. The van der Waals surface area contributed by atoms with Crippen LogP contribution in [0.5, 0.6) is 28.9 Å². The summed E-state index contributed by atoms with van der Waals surface area (Å²) in [7, 11) is 10.4. The molecule has 1 unspecified atom stereocenters. The maximum atomic E-state index is 14.8. The Kier molecular flexibility index (Phi) is 35.8. The number of likely N-dealkylation sites (N-methyl/N-ethyl adjacent to an activating group) is 2. The number of quaternary nitrogens is 1. The topological polar surface area (TPSA) is 272 Å². The van der Waals surface area contributed by atoms with Gasteiger partial charge in [0.05, 0.1) is 162 Å². The second kappa shape index (κ2) is 46.8. The van der Waals surface area contributed by atoms with Gasteiger partial charge >= 0.3 is 12.1 Å². The Balaban J connectivity index is 0.737. The van der Waals surface area contributed by atoms with Crippen molar-refractivity contribution in [2.75, 3.05) is 199 Å². The van der Waals surface area contributed by atoms with E-state index in [-0.39, 0.29) is 57.7 Å². The van der Waals surface area contributed by atoms with E-state index in [2.05, 4.69) is 27.6 Å². The molecule has 0 saturated carbocycles. The van der Waals surface area contributed by atoms with Crippen molar-refractivity contribution in [1.29, 1.82) is 0 Å². The number of ether oxygens (including phenoxy) is 15. The van der Waals surface area contributed by atoms with Crippen molar-refractivity contribution in [2.45, 2.75) is 45.8 Å². The zero-order valence-corrected chi connectivity index (χ0v) is 67.9. The van der Waals surface area contributed by atoms with E-state index in [1.54, 1.807) is 72.0 Å². The number of hydrogen-bond donors (Lipinski definition) is 2. The molecule has 1 saturated heterocycles. The lowest BCUT2D eigenvalue weighted by atomic mass is 9.96. The predicted octanol–water partition coefficient (Wildman–Crippen LogP) is 11.7. The summed E-state index contributed by atoms with van der Waals surface area (Å²) in [6, 6.07) is 39.7. The van der Waals surface area contributed by atoms with Crippen molar-refractivity contribution < 1.29 is 94.3 Å². The van der Waals surface area contributed by atoms with Crippen molar-refractivity contribution in [3.8, 4) is 61.8 Å². The third kappa shape index (κ3) is 27.3. The molecule has 2 amide bonds. The van der Waals surface area contributed by atoms with Gasteiger partial charge in [-0.1, -0.05) is 78.3 Å². The fourth-order valence-electron chi connectivity index (χ4n) is 12.6. The minimum absolute atomic E-state index is 0.00795. The summed E-state index contributed by atoms with van der Waals surface area (Å²) in [5, 5.41) is 6.75. The van der Waals surface area contributed by atoms with Gasteiger partial charge in [-0.15, -0.1) is 11.3 Å². The lowest BCUT2D eigenvalue weighted by Gasteiger charge is -2.42. The van der Waals surface area contributed by atoms with E-state index in [0.717, 1.165) is 57.8 Å². The number of carbonyl (C=O) groups is 3. The highest BCUT2D eigenvalue weighted by Crippen LogP contribution is 2.50. The van der Waals surface area contributed by atoms with E-state index < -0.39 is 24.0 Å². The average Bonchev–Trinajstić information content (AvgIpc) is 1.59. The number of piperazine rings is 1. The predicted molar refractivity (Wildman–Crippen MR) is 435 cm³/mol. The highest BCUT2D eigenvalue weighted by atomic mass is 35.5. The van der Waals surface area contributed by atoms with Gasteiger partial charge < -0.3 is 91.1 Å². The normalized spacial score (nSPS) is 13.0. The molecule has 115 heavy (non-hydrogen) atoms. The summed E-state index contributed by atoms with van der Waals surface area (Å²) < 4.78 is 102. The van der Waals surface area contributed by atoms with Crippen LogP contribution in [-0.2, 0) is 89.7 Å². The minimum Gasteiger partial charge on any atom is -0.497 e. The number of hydrogen-bond acceptors (Lipinski definition) is 25. The van der Waals surface area contributed by atoms with E-state index in [9.17, 15) is 18.8 Å². The highest BCUT2D eigenvalue weighted by molar-refractivity contribution is 7.22. The highest BCUT2D eigenvalue weighted by Gasteiger charge is 2.33. The van der Waals surface area contributed by atoms with E-state index in [4.69, 9.17) is 97.6 Å². The number of nitrogens with one attached hydrogen (secondary N) is 2. The maximum absolute atomic E-state index is 14.8. The number of fused-ring (bicyclic) bond motifs is 1. The molecular formula is C85H104ClFN9O18S+. The monoisotopic (exact) mass is 1620 g/mol. The number of aromatic nitrogens is 4. The summed E-state index contributed by atoms with van der Waals surface area (Å²) in [6.45, 7) is 13.8. The van der Waals surface area contributed by atoms with Crippen LogP contribution in [0.4, 0.5) is 14.9 Å². The number of nitrogens with zero attached hydrogens (tertiary/aromatic N) is 7. The van der Waals surface area contributed by atoms with Gasteiger partial charge in [-0.3, -0.25) is 9.69 Å². The van der Waals surface area contributed by atoms with Crippen LogP contribution >= 0.6 is 22.9 Å². The number of thiophene rings is 1. The zero-order valence-electron chi connectivity index (χ0n) is 66.4. The molecule has 6 aromatic carbocycles. The largest absolute Gasteiger partial charge is 0.497 e. The molecule has 4 heterocycles. The van der Waals surface area contributed by atoms with Crippen LogP contribution in [0.1, 0.15) is 33.5 Å². The van der Waals surface area contributed by atoms with Gasteiger partial charge in [0, 0.05) is 74.6 Å². The van der Waals surface area contributed by atoms with Crippen molar-refractivity contribution in [2.24, 2.45) is 0 Å². The molecule has 1 atom stereocenters. The number of carbonyl (C=O) groups excluding carboxylic acids is 3. The first-order valence-electron chi connectivity index (χ1n) is 38.2. The first kappa shape index (κ1) is 87.8. The van der Waals surface area contributed by atoms with Gasteiger partial charge in [0.2, 0.25) is 17.9 Å². The molecule has 27 nitrogen and oxygen atoms in total. The van der Waals surface area contributed by atoms with Crippen LogP contribution in [0.2, 0.25) is 5.02 Å². The van der Waals surface area contributed by atoms with Gasteiger partial charge in [-0.05, 0) is 114 Å². The Labute approximate surface area is 680 Å². The second-order valence-electron chi connectivity index (χ2n) is 27.2. The molecule has 616 valence electrons. The van der Waals surface area contributed by atoms with Crippen molar-refractivity contribution in [1.82, 2.24) is 35.1 Å². The number of halogens is 2. The first-order valence-corrected chi connectivity index (χ1v) is 39.4. The Morgan fingerprint density at radius 3 is 1.94 bits per heavy atom. The van der Waals surface area contributed by atoms with Gasteiger partial charge in [-0.25, -0.2) is 33.9 Å². The summed E-state index contributed by atoms with van der Waals surface area (Å²) in [6.07, 6.45) is 1.25. The van der Waals surface area contributed by atoms with Gasteiger partial charge in [-0.2, -0.15) is 0 Å². The van der Waals surface area contributed by atoms with Crippen LogP contribution in [0.25, 0.3) is 43.2 Å². The number of methoxy groups -OCH3 is 3. The number of amides is 2. The number of benzene rings is 6. The molecule has 0 radical (unpaired) electrons. The van der Waals surface area contributed by atoms with Gasteiger partial charge in [0.25, 0.3) is 0 Å². The molecule has 0 bridgehead atoms. The van der Waals surface area contributed by atoms with Crippen LogP contribution in [0, 0.1) is 12.7 Å². The molecular weight excluding hydrogens is 1520 g/mol. The molecule has 1 fully saturated rings. The molecule has 30 heteroatoms. The lowest BCUT2D eigenvalue weighted by molar-refractivity contribution is -0.926. The van der Waals surface area contributed by atoms with E-state index in [0.29, 0.717) is 195 Å². The molecule has 0 spiro atoms. The minimum atomic E-state index is -1.29. The van der Waals surface area contributed by atoms with Crippen molar-refractivity contribution >= 4 is 56.8 Å². The third-order valence-electron chi connectivity index (χ3n) is 18.8. The second-order valence-corrected chi connectivity index (χ2v) is 28.6. The van der Waals surface area contributed by atoms with Crippen LogP contribution in [-0.4, -0.2) is 252 Å². The first-order chi connectivity index (χ1) is 56.1. The molecule has 1 aliphatic rings. The Morgan fingerprint density at radius 1 is 0.643 bits per heavy atom. The third-order valence-corrected chi connectivity index (χ3v) is 20.5. The maximum Gasteiger partial charge on any atom is 0.409 e. The Bertz CT molecular complexity index is 4510. The van der Waals surface area contributed by atoms with Crippen molar-refractivity contribution in [3.05, 3.63) is 190 Å². The standard InChI is InChI=1S/C85H103ClFN9O18S/c1-60-70(77-78-82(90-59-91-83(78)115-80(77)62-18-21-66(87)22-19-62)114-75(84(98)113-57-61-16-24-69(101-6)25-17-61)53-63-12-8-10-14-72(63)112-58-68-28-29-89-81(93-68)71-13-9-11-15-73(71)102-7)26-27-74(79(60)86)110-35-32-95-30-33-96(4,34-31-95)56-64-20-23-67(92-76(97)54-88-2)52-65(64)55-94(3)85(99)111-51-50-109-49-48-108-47-46-107-45-44-106-43-42-105-41-40-104-39-38-103-37-36-100-5/h8-29,52,59,75,88H,30-51,53-58H2,1-7H3/p+1. The smallest absolute Gasteiger partial charge is 0.409 e. The number of para-hydroxylation sites is 2. The van der Waals surface area contributed by atoms with Crippen LogP contribution in [0.15, 0.2) is 146 Å². The summed E-state index contributed by atoms with van der Waals surface area (Å²) in [5.74, 6) is 1.57. The lowest BCUT2D eigenvalue weighted by Crippen LogP contribution is -2.57. The van der Waals surface area contributed by atoms with Gasteiger partial charge in [0.1, 0.15) is 72.9 Å². The van der Waals surface area contributed by atoms with Gasteiger partial charge in [0.15, 0.2) is 5.82 Å². The van der Waals surface area contributed by atoms with E-state index >= 15 is 0 Å². The number of rotatable bonds is 50. The molecule has 0 aliphatic carbocycles. The van der Waals surface area contributed by atoms with E-state index in [1.165, 1.54) is 34.7 Å². The average molecular weight is 1630 g/mol. The Morgan fingerprint density at radius 2 is 1.29 bits per heavy atom. The molecule has 9 aromatic rings. The fourth-order valence-corrected chi connectivity index (χ4v) is 14.0. The SMILES string of the molecule is CNCC(=O)Nc1ccc(C[N+]2(C)CCN(CCOc3ccc(-c4c(-c5ccc(F)cc5)sc5ncnc(OC(Cc6ccccc6OCc6ccnc(-c7ccccc7OC)n6)C(=O)OCc6ccc(OC)cc6)c45)c(C)c3Cl)CC2)c(CN(C)C(=O)OCCOCCOCCOCCOCCOCCOCCOCCOC)c1. The number of esters is 1. The summed E-state index contributed by atoms with van der Waals surface area (Å²) in [5.41, 5.74) is 8.01. The molecule has 3 aromatic heterocycles. The fraction of sp³-hybridized carbons (Fsp3) is 0.424. The van der Waals surface area contributed by atoms with E-state index in [1.807, 2.05) is 97.9 Å². The summed E-state index contributed by atoms with van der Waals surface area (Å²) >= 11 is 8.76. The number of anilines is 1. The molecule has 2 N–H and O–H groups in total. The quantitative estimate of drug-likeness (QED) is 0.0204. The summed E-state index contributed by atoms with van der Waals surface area (Å²) in [4.78, 5) is 64.9. The Hall–Kier alpha value is -9.57. The van der Waals surface area contributed by atoms with Crippen LogP contribution < -0.4 is 34.3 Å². The molecule has 1 aliphatic heterocycles. The molecule has 10 rings (SSSR count). The van der Waals surface area contributed by atoms with Crippen molar-refractivity contribution in [3.63, 3.8) is 0 Å². The van der Waals surface area contributed by atoms with Crippen LogP contribution in [0.3, 0.4) is 0 Å².